The van der Waals surface area contributed by atoms with Gasteiger partial charge in [0.15, 0.2) is 6.29 Å². The molecule has 1 rings (SSSR count). The Morgan fingerprint density at radius 1 is 0.589 bits per heavy atom. The van der Waals surface area contributed by atoms with E-state index in [4.69, 9.17) is 9.47 Å². The van der Waals surface area contributed by atoms with E-state index in [0.29, 0.717) is 19.3 Å². The quantitative estimate of drug-likeness (QED) is 0.0293. The van der Waals surface area contributed by atoms with E-state index in [1.807, 2.05) is 0 Å². The van der Waals surface area contributed by atoms with Crippen LogP contribution >= 0.6 is 0 Å². The van der Waals surface area contributed by atoms with Gasteiger partial charge in [-0.15, -0.1) is 0 Å². The van der Waals surface area contributed by atoms with Crippen LogP contribution in [0.2, 0.25) is 0 Å². The van der Waals surface area contributed by atoms with Crippen LogP contribution in [0.4, 0.5) is 0 Å². The summed E-state index contributed by atoms with van der Waals surface area (Å²) in [6.45, 7) is 5.72. The molecule has 1 amide bonds. The maximum atomic E-state index is 13.1. The first kappa shape index (κ1) is 53.1. The number of amides is 1. The number of carbonyl (C=O) groups is 1. The summed E-state index contributed by atoms with van der Waals surface area (Å²) in [7, 11) is 0. The topological polar surface area (TPSA) is 189 Å². The SMILES string of the molecule is CCCCCCCCCCCCCCCCCCCC[C@@H](O)C(=O)NC(COC1OC(CO)[C@H](O)[C@@H](O)[C@@H]1O)[C@H](O)[C@H](O)CCCCCCCCCCC(C)C. The third kappa shape index (κ3) is 25.6. The second kappa shape index (κ2) is 34.9. The summed E-state index contributed by atoms with van der Waals surface area (Å²) < 4.78 is 11.1. The number of ether oxygens (including phenoxy) is 2. The first-order valence-electron chi connectivity index (χ1n) is 23.3. The van der Waals surface area contributed by atoms with Crippen molar-refractivity contribution in [2.45, 2.75) is 262 Å². The number of hydrogen-bond donors (Lipinski definition) is 8. The maximum absolute atomic E-state index is 13.1. The molecule has 334 valence electrons. The average Bonchev–Trinajstić information content (AvgIpc) is 3.18. The summed E-state index contributed by atoms with van der Waals surface area (Å²) in [4.78, 5) is 13.1. The van der Waals surface area contributed by atoms with Crippen LogP contribution in [0.25, 0.3) is 0 Å². The van der Waals surface area contributed by atoms with Crippen LogP contribution in [0.3, 0.4) is 0 Å². The first-order chi connectivity index (χ1) is 27.0. The number of carbonyl (C=O) groups excluding carboxylic acids is 1. The van der Waals surface area contributed by atoms with E-state index < -0.39 is 74.2 Å². The highest BCUT2D eigenvalue weighted by Crippen LogP contribution is 2.23. The summed E-state index contributed by atoms with van der Waals surface area (Å²) >= 11 is 0. The van der Waals surface area contributed by atoms with E-state index in [0.717, 1.165) is 44.4 Å². The van der Waals surface area contributed by atoms with Crippen molar-refractivity contribution in [3.8, 4) is 0 Å². The van der Waals surface area contributed by atoms with Crippen LogP contribution in [-0.4, -0.2) is 110 Å². The zero-order chi connectivity index (χ0) is 41.4. The van der Waals surface area contributed by atoms with E-state index in [-0.39, 0.29) is 6.42 Å². The van der Waals surface area contributed by atoms with E-state index in [2.05, 4.69) is 26.1 Å². The summed E-state index contributed by atoms with van der Waals surface area (Å²) in [5.41, 5.74) is 0. The molecule has 1 heterocycles. The smallest absolute Gasteiger partial charge is 0.249 e. The Balaban J connectivity index is 2.42. The van der Waals surface area contributed by atoms with Gasteiger partial charge in [-0.05, 0) is 18.8 Å². The summed E-state index contributed by atoms with van der Waals surface area (Å²) in [5, 5.41) is 75.6. The first-order valence-corrected chi connectivity index (χ1v) is 23.3. The van der Waals surface area contributed by atoms with Gasteiger partial charge in [-0.1, -0.05) is 194 Å². The van der Waals surface area contributed by atoms with E-state index in [9.17, 15) is 40.5 Å². The zero-order valence-electron chi connectivity index (χ0n) is 36.0. The van der Waals surface area contributed by atoms with Gasteiger partial charge in [0.2, 0.25) is 5.91 Å². The molecule has 56 heavy (non-hydrogen) atoms. The second-order valence-electron chi connectivity index (χ2n) is 17.3. The molecule has 3 unspecified atom stereocenters. The van der Waals surface area contributed by atoms with Crippen LogP contribution in [0.15, 0.2) is 0 Å². The number of aliphatic hydroxyl groups is 7. The van der Waals surface area contributed by atoms with Crippen molar-refractivity contribution >= 4 is 5.91 Å². The zero-order valence-corrected chi connectivity index (χ0v) is 36.0. The predicted molar refractivity (Wildman–Crippen MR) is 224 cm³/mol. The minimum atomic E-state index is -1.66. The molecule has 8 N–H and O–H groups in total. The molecule has 9 atom stereocenters. The molecule has 0 aromatic carbocycles. The molecular weight excluding hydrogens is 714 g/mol. The van der Waals surface area contributed by atoms with Crippen molar-refractivity contribution in [1.82, 2.24) is 5.32 Å². The van der Waals surface area contributed by atoms with Crippen molar-refractivity contribution < 1.29 is 50.0 Å². The molecule has 0 spiro atoms. The monoisotopic (exact) mass is 804 g/mol. The Kier molecular flexibility index (Phi) is 33.1. The summed E-state index contributed by atoms with van der Waals surface area (Å²) in [5.74, 6) is 0.0522. The van der Waals surface area contributed by atoms with Crippen LogP contribution in [0.5, 0.6) is 0 Å². The largest absolute Gasteiger partial charge is 0.394 e. The van der Waals surface area contributed by atoms with E-state index in [1.54, 1.807) is 0 Å². The molecule has 1 aliphatic heterocycles. The molecule has 0 saturated carbocycles. The van der Waals surface area contributed by atoms with Crippen molar-refractivity contribution in [2.24, 2.45) is 5.92 Å². The molecular formula is C45H89NO10. The van der Waals surface area contributed by atoms with E-state index in [1.165, 1.54) is 122 Å². The second-order valence-corrected chi connectivity index (χ2v) is 17.3. The highest BCUT2D eigenvalue weighted by atomic mass is 16.7. The highest BCUT2D eigenvalue weighted by molar-refractivity contribution is 5.80. The summed E-state index contributed by atoms with van der Waals surface area (Å²) in [6, 6.07) is -1.16. The number of unbranched alkanes of at least 4 members (excludes halogenated alkanes) is 24. The van der Waals surface area contributed by atoms with Crippen molar-refractivity contribution in [3.63, 3.8) is 0 Å². The van der Waals surface area contributed by atoms with Crippen LogP contribution in [0, 0.1) is 5.92 Å². The Labute approximate surface area is 341 Å². The van der Waals surface area contributed by atoms with E-state index >= 15 is 0 Å². The van der Waals surface area contributed by atoms with Gasteiger partial charge < -0.3 is 50.5 Å². The minimum absolute atomic E-state index is 0.265. The Morgan fingerprint density at radius 3 is 1.43 bits per heavy atom. The number of aliphatic hydroxyl groups excluding tert-OH is 7. The van der Waals surface area contributed by atoms with Crippen molar-refractivity contribution in [1.29, 1.82) is 0 Å². The van der Waals surface area contributed by atoms with Crippen LogP contribution in [0.1, 0.15) is 207 Å². The Bertz CT molecular complexity index is 895. The fraction of sp³-hybridized carbons (Fsp3) is 0.978. The lowest BCUT2D eigenvalue weighted by molar-refractivity contribution is -0.303. The normalized spacial score (nSPS) is 22.3. The molecule has 0 aliphatic carbocycles. The lowest BCUT2D eigenvalue weighted by Gasteiger charge is -2.40. The highest BCUT2D eigenvalue weighted by Gasteiger charge is 2.44. The molecule has 0 radical (unpaired) electrons. The van der Waals surface area contributed by atoms with Crippen molar-refractivity contribution in [2.75, 3.05) is 13.2 Å². The number of rotatable bonds is 38. The van der Waals surface area contributed by atoms with Gasteiger partial charge in [0.05, 0.1) is 25.4 Å². The molecule has 1 aliphatic rings. The van der Waals surface area contributed by atoms with Crippen LogP contribution in [-0.2, 0) is 14.3 Å². The lowest BCUT2D eigenvalue weighted by atomic mass is 9.98. The summed E-state index contributed by atoms with van der Waals surface area (Å²) in [6.07, 6.45) is 21.7. The Morgan fingerprint density at radius 2 is 1.00 bits per heavy atom. The van der Waals surface area contributed by atoms with Gasteiger partial charge in [0.1, 0.15) is 36.6 Å². The molecule has 11 nitrogen and oxygen atoms in total. The number of nitrogens with one attached hydrogen (secondary N) is 1. The molecule has 0 bridgehead atoms. The van der Waals surface area contributed by atoms with Crippen molar-refractivity contribution in [3.05, 3.63) is 0 Å². The standard InChI is InChI=1S/C45H89NO10/c1-4-5-6-7-8-9-10-11-12-13-14-15-16-17-18-23-26-29-32-38(49)44(54)46-36(34-55-45-43(53)42(52)41(51)39(33-47)56-45)40(50)37(48)31-28-25-22-20-19-21-24-27-30-35(2)3/h35-43,45,47-53H,4-34H2,1-3H3,(H,46,54)/t36?,37-,38-,39?,40+,41+,42-,43+,45?/m1/s1. The van der Waals surface area contributed by atoms with Gasteiger partial charge in [-0.3, -0.25) is 4.79 Å². The Hall–Kier alpha value is -0.890. The van der Waals surface area contributed by atoms with Gasteiger partial charge in [-0.2, -0.15) is 0 Å². The number of hydrogen-bond acceptors (Lipinski definition) is 10. The lowest BCUT2D eigenvalue weighted by Crippen LogP contribution is -2.60. The molecule has 1 saturated heterocycles. The van der Waals surface area contributed by atoms with Gasteiger partial charge in [0, 0.05) is 0 Å². The fourth-order valence-electron chi connectivity index (χ4n) is 7.68. The molecule has 0 aromatic heterocycles. The molecule has 1 fully saturated rings. The molecule has 0 aromatic rings. The average molecular weight is 804 g/mol. The van der Waals surface area contributed by atoms with Gasteiger partial charge in [-0.25, -0.2) is 0 Å². The third-order valence-corrected chi connectivity index (χ3v) is 11.6. The maximum Gasteiger partial charge on any atom is 0.249 e. The predicted octanol–water partition coefficient (Wildman–Crippen LogP) is 7.36. The van der Waals surface area contributed by atoms with Gasteiger partial charge in [0.25, 0.3) is 0 Å². The fourth-order valence-corrected chi connectivity index (χ4v) is 7.68. The third-order valence-electron chi connectivity index (χ3n) is 11.6. The minimum Gasteiger partial charge on any atom is -0.394 e. The van der Waals surface area contributed by atoms with Crippen LogP contribution < -0.4 is 5.32 Å². The molecule has 11 heteroatoms. The van der Waals surface area contributed by atoms with Gasteiger partial charge >= 0.3 is 0 Å².